The normalized spacial score (nSPS) is 11.1. The van der Waals surface area contributed by atoms with Gasteiger partial charge in [0.1, 0.15) is 11.3 Å². The van der Waals surface area contributed by atoms with E-state index in [9.17, 15) is 4.79 Å². The summed E-state index contributed by atoms with van der Waals surface area (Å²) < 4.78 is 5.35. The van der Waals surface area contributed by atoms with Crippen molar-refractivity contribution in [2.24, 2.45) is 0 Å². The molecule has 0 amide bonds. The third-order valence-electron chi connectivity index (χ3n) is 3.95. The Morgan fingerprint density at radius 2 is 1.75 bits per heavy atom. The molecule has 0 saturated heterocycles. The van der Waals surface area contributed by atoms with Gasteiger partial charge >= 0.3 is 5.63 Å². The summed E-state index contributed by atoms with van der Waals surface area (Å²) in [6.07, 6.45) is 0. The maximum absolute atomic E-state index is 11.7. The summed E-state index contributed by atoms with van der Waals surface area (Å²) in [6, 6.07) is 17.3. The van der Waals surface area contributed by atoms with Gasteiger partial charge in [-0.3, -0.25) is 0 Å². The number of aryl methyl sites for hydroxylation is 2. The van der Waals surface area contributed by atoms with Crippen LogP contribution in [-0.4, -0.2) is 15.0 Å². The maximum Gasteiger partial charge on any atom is 0.339 e. The van der Waals surface area contributed by atoms with Crippen LogP contribution in [0.1, 0.15) is 11.3 Å². The highest BCUT2D eigenvalue weighted by Crippen LogP contribution is 2.22. The molecule has 2 aromatic heterocycles. The zero-order chi connectivity index (χ0) is 16.7. The molecule has 0 aliphatic heterocycles. The van der Waals surface area contributed by atoms with E-state index in [-0.39, 0.29) is 5.63 Å². The van der Waals surface area contributed by atoms with Crippen LogP contribution in [0.15, 0.2) is 63.8 Å². The topological polar surface area (TPSA) is 60.9 Å². The minimum atomic E-state index is -0.325. The highest BCUT2D eigenvalue weighted by molar-refractivity contribution is 5.79. The molecule has 0 spiro atoms. The standard InChI is InChI=1S/C19H15N3O2/c1-12-10-15-8-9-16(11-17(15)24-19(12)23)22-20-13(2)18(21-22)14-6-4-3-5-7-14/h3-11H,1-2H3. The molecular weight excluding hydrogens is 302 g/mol. The van der Waals surface area contributed by atoms with Gasteiger partial charge in [-0.1, -0.05) is 30.3 Å². The number of fused-ring (bicyclic) bond motifs is 1. The highest BCUT2D eigenvalue weighted by atomic mass is 16.4. The van der Waals surface area contributed by atoms with E-state index < -0.39 is 0 Å². The molecule has 0 unspecified atom stereocenters. The molecule has 0 aliphatic carbocycles. The van der Waals surface area contributed by atoms with Crippen LogP contribution in [0.5, 0.6) is 0 Å². The van der Waals surface area contributed by atoms with Crippen molar-refractivity contribution in [2.75, 3.05) is 0 Å². The van der Waals surface area contributed by atoms with Gasteiger partial charge in [-0.2, -0.15) is 9.90 Å². The second kappa shape index (κ2) is 5.45. The van der Waals surface area contributed by atoms with Gasteiger partial charge < -0.3 is 4.42 Å². The van der Waals surface area contributed by atoms with Gasteiger partial charge in [0.15, 0.2) is 0 Å². The van der Waals surface area contributed by atoms with E-state index in [1.165, 1.54) is 0 Å². The van der Waals surface area contributed by atoms with Crippen molar-refractivity contribution >= 4 is 11.0 Å². The van der Waals surface area contributed by atoms with Crippen LogP contribution in [0.3, 0.4) is 0 Å². The molecule has 24 heavy (non-hydrogen) atoms. The van der Waals surface area contributed by atoms with Crippen molar-refractivity contribution in [1.29, 1.82) is 0 Å². The molecular formula is C19H15N3O2. The van der Waals surface area contributed by atoms with Crippen LogP contribution < -0.4 is 5.63 Å². The van der Waals surface area contributed by atoms with Crippen LogP contribution >= 0.6 is 0 Å². The van der Waals surface area contributed by atoms with Crippen LogP contribution in [0.2, 0.25) is 0 Å². The molecule has 5 heteroatoms. The first kappa shape index (κ1) is 14.4. The lowest BCUT2D eigenvalue weighted by Crippen LogP contribution is -2.03. The highest BCUT2D eigenvalue weighted by Gasteiger charge is 2.11. The maximum atomic E-state index is 11.7. The van der Waals surface area contributed by atoms with Gasteiger partial charge in [0, 0.05) is 22.6 Å². The molecule has 0 radical (unpaired) electrons. The molecule has 2 aromatic carbocycles. The Morgan fingerprint density at radius 3 is 2.54 bits per heavy atom. The first-order valence-electron chi connectivity index (χ1n) is 7.66. The summed E-state index contributed by atoms with van der Waals surface area (Å²) >= 11 is 0. The molecule has 5 nitrogen and oxygen atoms in total. The summed E-state index contributed by atoms with van der Waals surface area (Å²) in [5.41, 5.74) is 4.24. The van der Waals surface area contributed by atoms with E-state index in [2.05, 4.69) is 10.2 Å². The van der Waals surface area contributed by atoms with E-state index in [0.717, 1.165) is 28.0 Å². The van der Waals surface area contributed by atoms with Gasteiger partial charge in [-0.15, -0.1) is 5.10 Å². The number of nitrogens with zero attached hydrogens (tertiary/aromatic N) is 3. The van der Waals surface area contributed by atoms with E-state index in [4.69, 9.17) is 4.42 Å². The fraction of sp³-hybridized carbons (Fsp3) is 0.105. The van der Waals surface area contributed by atoms with Crippen LogP contribution in [0.4, 0.5) is 0 Å². The molecule has 0 atom stereocenters. The minimum Gasteiger partial charge on any atom is -0.422 e. The lowest BCUT2D eigenvalue weighted by molar-refractivity contribution is 0.554. The van der Waals surface area contributed by atoms with E-state index in [0.29, 0.717) is 11.1 Å². The molecule has 0 fully saturated rings. The summed E-state index contributed by atoms with van der Waals surface area (Å²) in [7, 11) is 0. The Hall–Kier alpha value is -3.21. The molecule has 2 heterocycles. The Morgan fingerprint density at radius 1 is 0.958 bits per heavy atom. The molecule has 4 aromatic rings. The number of hydrogen-bond acceptors (Lipinski definition) is 4. The van der Waals surface area contributed by atoms with Crippen molar-refractivity contribution in [3.05, 3.63) is 76.3 Å². The van der Waals surface area contributed by atoms with Crippen molar-refractivity contribution in [1.82, 2.24) is 15.0 Å². The van der Waals surface area contributed by atoms with Gasteiger partial charge in [-0.25, -0.2) is 4.79 Å². The predicted molar refractivity (Wildman–Crippen MR) is 92.3 cm³/mol. The average Bonchev–Trinajstić information content (AvgIpc) is 2.98. The van der Waals surface area contributed by atoms with Crippen LogP contribution in [-0.2, 0) is 0 Å². The fourth-order valence-electron chi connectivity index (χ4n) is 2.68. The smallest absolute Gasteiger partial charge is 0.339 e. The van der Waals surface area contributed by atoms with Crippen molar-refractivity contribution in [3.63, 3.8) is 0 Å². The Kier molecular flexibility index (Phi) is 3.27. The summed E-state index contributed by atoms with van der Waals surface area (Å²) in [4.78, 5) is 13.3. The second-order valence-corrected chi connectivity index (χ2v) is 5.73. The van der Waals surface area contributed by atoms with Crippen molar-refractivity contribution in [3.8, 4) is 16.9 Å². The average molecular weight is 317 g/mol. The van der Waals surface area contributed by atoms with Crippen molar-refractivity contribution < 1.29 is 4.42 Å². The first-order valence-corrected chi connectivity index (χ1v) is 7.66. The second-order valence-electron chi connectivity index (χ2n) is 5.73. The first-order chi connectivity index (χ1) is 11.6. The predicted octanol–water partition coefficient (Wildman–Crippen LogP) is 3.66. The minimum absolute atomic E-state index is 0.325. The molecule has 0 N–H and O–H groups in total. The molecule has 0 bridgehead atoms. The molecule has 0 aliphatic rings. The lowest BCUT2D eigenvalue weighted by Gasteiger charge is -2.02. The van der Waals surface area contributed by atoms with E-state index in [1.807, 2.05) is 55.5 Å². The summed E-state index contributed by atoms with van der Waals surface area (Å²) in [6.45, 7) is 3.67. The Balaban J connectivity index is 1.83. The third-order valence-corrected chi connectivity index (χ3v) is 3.95. The number of rotatable bonds is 2. The lowest BCUT2D eigenvalue weighted by atomic mass is 10.1. The fourth-order valence-corrected chi connectivity index (χ4v) is 2.68. The van der Waals surface area contributed by atoms with Gasteiger partial charge in [0.05, 0.1) is 11.4 Å². The molecule has 118 valence electrons. The SMILES string of the molecule is Cc1nn(-c2ccc3cc(C)c(=O)oc3c2)nc1-c1ccccc1. The zero-order valence-electron chi connectivity index (χ0n) is 13.4. The number of hydrogen-bond donors (Lipinski definition) is 0. The largest absolute Gasteiger partial charge is 0.422 e. The Bertz CT molecular complexity index is 1090. The van der Waals surface area contributed by atoms with Crippen molar-refractivity contribution in [2.45, 2.75) is 13.8 Å². The monoisotopic (exact) mass is 317 g/mol. The van der Waals surface area contributed by atoms with Gasteiger partial charge in [-0.05, 0) is 32.0 Å². The van der Waals surface area contributed by atoms with Gasteiger partial charge in [0.2, 0.25) is 0 Å². The molecule has 0 saturated carbocycles. The van der Waals surface area contributed by atoms with E-state index >= 15 is 0 Å². The number of aromatic nitrogens is 3. The van der Waals surface area contributed by atoms with Gasteiger partial charge in [0.25, 0.3) is 0 Å². The van der Waals surface area contributed by atoms with Crippen LogP contribution in [0.25, 0.3) is 27.9 Å². The number of benzene rings is 2. The summed E-state index contributed by atoms with van der Waals surface area (Å²) in [5.74, 6) is 0. The Labute approximate surface area is 138 Å². The zero-order valence-corrected chi connectivity index (χ0v) is 13.4. The quantitative estimate of drug-likeness (QED) is 0.529. The van der Waals surface area contributed by atoms with Crippen LogP contribution in [0, 0.1) is 13.8 Å². The summed E-state index contributed by atoms with van der Waals surface area (Å²) in [5, 5.41) is 9.95. The third kappa shape index (κ3) is 2.40. The van der Waals surface area contributed by atoms with E-state index in [1.54, 1.807) is 17.8 Å². The molecule has 4 rings (SSSR count).